The first kappa shape index (κ1) is 21.4. The Morgan fingerprint density at radius 3 is 2.58 bits per heavy atom. The molecule has 0 bridgehead atoms. The number of nitrogens with zero attached hydrogens (tertiary/aromatic N) is 2. The molecule has 0 saturated carbocycles. The lowest BCUT2D eigenvalue weighted by Gasteiger charge is -2.44. The van der Waals surface area contributed by atoms with Gasteiger partial charge in [0.1, 0.15) is 0 Å². The Bertz CT molecular complexity index is 1030. The lowest BCUT2D eigenvalue weighted by Crippen LogP contribution is -2.41. The fourth-order valence-corrected chi connectivity index (χ4v) is 4.71. The van der Waals surface area contributed by atoms with Crippen molar-refractivity contribution in [2.75, 3.05) is 7.05 Å². The molecule has 0 N–H and O–H groups in total. The highest BCUT2D eigenvalue weighted by Crippen LogP contribution is 2.51. The summed E-state index contributed by atoms with van der Waals surface area (Å²) in [6.45, 7) is 3.61. The van der Waals surface area contributed by atoms with E-state index in [1.54, 1.807) is 20.0 Å². The second-order valence-corrected chi connectivity index (χ2v) is 8.58. The Morgan fingerprint density at radius 1 is 1.13 bits per heavy atom. The number of allylic oxidation sites excluding steroid dienone is 1. The number of ether oxygens (including phenoxy) is 2. The van der Waals surface area contributed by atoms with Gasteiger partial charge >= 0.3 is 6.16 Å². The number of carbonyl (C=O) groups is 1. The quantitative estimate of drug-likeness (QED) is 0.524. The van der Waals surface area contributed by atoms with Gasteiger partial charge in [-0.25, -0.2) is 4.79 Å². The zero-order valence-corrected chi connectivity index (χ0v) is 18.9. The Labute approximate surface area is 188 Å². The van der Waals surface area contributed by atoms with Gasteiger partial charge in [-0.1, -0.05) is 35.9 Å². The minimum absolute atomic E-state index is 0.291. The first-order valence-corrected chi connectivity index (χ1v) is 11.1. The van der Waals surface area contributed by atoms with Crippen molar-refractivity contribution in [3.8, 4) is 0 Å². The number of benzene rings is 1. The van der Waals surface area contributed by atoms with Gasteiger partial charge in [0.05, 0.1) is 17.5 Å². The predicted octanol–water partition coefficient (Wildman–Crippen LogP) is 6.31. The van der Waals surface area contributed by atoms with E-state index in [-0.39, 0.29) is 6.10 Å². The largest absolute Gasteiger partial charge is 0.510 e. The molecule has 1 aliphatic heterocycles. The summed E-state index contributed by atoms with van der Waals surface area (Å²) in [7, 11) is 2.05. The maximum absolute atomic E-state index is 12.8. The lowest BCUT2D eigenvalue weighted by atomic mass is 9.75. The monoisotopic (exact) mass is 438 g/mol. The van der Waals surface area contributed by atoms with Crippen molar-refractivity contribution in [2.24, 2.45) is 0 Å². The molecule has 2 heterocycles. The van der Waals surface area contributed by atoms with Crippen LogP contribution in [0.2, 0.25) is 5.02 Å². The Balaban J connectivity index is 1.97. The first-order chi connectivity index (χ1) is 14.9. The van der Waals surface area contributed by atoms with Gasteiger partial charge in [-0.3, -0.25) is 4.98 Å². The van der Waals surface area contributed by atoms with Gasteiger partial charge in [-0.05, 0) is 63.8 Å². The first-order valence-electron chi connectivity index (χ1n) is 10.7. The molecule has 6 heteroatoms. The fraction of sp³-hybridized carbons (Fsp3) is 0.360. The average molecular weight is 439 g/mol. The van der Waals surface area contributed by atoms with E-state index in [2.05, 4.69) is 9.88 Å². The predicted molar refractivity (Wildman–Crippen MR) is 121 cm³/mol. The van der Waals surface area contributed by atoms with Crippen LogP contribution in [0, 0.1) is 0 Å². The van der Waals surface area contributed by atoms with E-state index in [1.807, 2.05) is 55.6 Å². The molecule has 0 radical (unpaired) electrons. The molecule has 0 saturated heterocycles. The van der Waals surface area contributed by atoms with E-state index in [9.17, 15) is 4.79 Å². The highest BCUT2D eigenvalue weighted by atomic mass is 35.5. The van der Waals surface area contributed by atoms with Crippen LogP contribution in [0.3, 0.4) is 0 Å². The van der Waals surface area contributed by atoms with Gasteiger partial charge < -0.3 is 14.4 Å². The Morgan fingerprint density at radius 2 is 1.87 bits per heavy atom. The van der Waals surface area contributed by atoms with E-state index in [0.29, 0.717) is 5.02 Å². The number of pyridine rings is 1. The molecular formula is C25H27ClN2O3. The molecule has 1 aromatic carbocycles. The van der Waals surface area contributed by atoms with Crippen molar-refractivity contribution in [1.82, 2.24) is 9.88 Å². The number of aromatic nitrogens is 1. The van der Waals surface area contributed by atoms with Crippen molar-refractivity contribution in [3.05, 3.63) is 82.3 Å². The molecule has 2 aliphatic rings. The standard InChI is InChI=1S/C25H27ClN2O3/c1-17(2)30-24(29)31-25(18-10-4-6-12-20(18)26)16-23(21-13-8-9-15-27-21)28(3)22-14-7-5-11-19(22)25/h4,6,8-10,12-13,15-17H,5,7,11,14H2,1-3H3. The summed E-state index contributed by atoms with van der Waals surface area (Å²) in [6, 6.07) is 13.3. The number of halogens is 1. The summed E-state index contributed by atoms with van der Waals surface area (Å²) in [5.41, 5.74) is 3.45. The van der Waals surface area contributed by atoms with Crippen molar-refractivity contribution >= 4 is 23.5 Å². The minimum atomic E-state index is -1.15. The molecule has 0 amide bonds. The summed E-state index contributed by atoms with van der Waals surface area (Å²) in [4.78, 5) is 19.6. The van der Waals surface area contributed by atoms with Crippen LogP contribution < -0.4 is 0 Å². The van der Waals surface area contributed by atoms with Crippen molar-refractivity contribution < 1.29 is 14.3 Å². The highest BCUT2D eigenvalue weighted by molar-refractivity contribution is 6.31. The maximum atomic E-state index is 12.8. The van der Waals surface area contributed by atoms with E-state index >= 15 is 0 Å². The normalized spacial score (nSPS) is 20.9. The Kier molecular flexibility index (Phi) is 6.05. The zero-order valence-electron chi connectivity index (χ0n) is 18.1. The van der Waals surface area contributed by atoms with E-state index < -0.39 is 11.8 Å². The fourth-order valence-electron chi connectivity index (χ4n) is 4.44. The SMILES string of the molecule is CC(C)OC(=O)OC1(c2ccccc2Cl)C=C(c2ccccn2)N(C)C2=C1CCCC2. The third-order valence-electron chi connectivity index (χ3n) is 5.77. The average Bonchev–Trinajstić information content (AvgIpc) is 2.76. The zero-order chi connectivity index (χ0) is 22.0. The molecule has 1 aliphatic carbocycles. The molecule has 1 atom stereocenters. The van der Waals surface area contributed by atoms with Crippen LogP contribution in [0.5, 0.6) is 0 Å². The van der Waals surface area contributed by atoms with Crippen molar-refractivity contribution in [2.45, 2.75) is 51.2 Å². The highest BCUT2D eigenvalue weighted by Gasteiger charge is 2.47. The lowest BCUT2D eigenvalue weighted by molar-refractivity contribution is -0.0146. The topological polar surface area (TPSA) is 51.7 Å². The third kappa shape index (κ3) is 4.07. The molecule has 0 fully saturated rings. The minimum Gasteiger partial charge on any atom is -0.432 e. The molecular weight excluding hydrogens is 412 g/mol. The van der Waals surface area contributed by atoms with Crippen LogP contribution in [-0.2, 0) is 15.1 Å². The molecule has 1 aromatic heterocycles. The van der Waals surface area contributed by atoms with Crippen molar-refractivity contribution in [3.63, 3.8) is 0 Å². The summed E-state index contributed by atoms with van der Waals surface area (Å²) < 4.78 is 11.6. The molecule has 2 aromatic rings. The molecule has 1 unspecified atom stereocenters. The number of carbonyl (C=O) groups excluding carboxylic acids is 1. The van der Waals surface area contributed by atoms with Crippen LogP contribution in [0.15, 0.2) is 66.0 Å². The molecule has 5 nitrogen and oxygen atoms in total. The van der Waals surface area contributed by atoms with Crippen LogP contribution in [0.1, 0.15) is 50.8 Å². The number of rotatable bonds is 4. The summed E-state index contributed by atoms with van der Waals surface area (Å²) in [6.07, 6.45) is 6.54. The van der Waals surface area contributed by atoms with Gasteiger partial charge in [-0.2, -0.15) is 0 Å². The Hall–Kier alpha value is -2.79. The van der Waals surface area contributed by atoms with Crippen molar-refractivity contribution in [1.29, 1.82) is 0 Å². The van der Waals surface area contributed by atoms with Crippen LogP contribution in [-0.4, -0.2) is 29.2 Å². The molecule has 0 spiro atoms. The summed E-state index contributed by atoms with van der Waals surface area (Å²) >= 11 is 6.68. The second kappa shape index (κ2) is 8.75. The summed E-state index contributed by atoms with van der Waals surface area (Å²) in [5, 5.41) is 0.540. The van der Waals surface area contributed by atoms with Crippen LogP contribution >= 0.6 is 11.6 Å². The van der Waals surface area contributed by atoms with Gasteiger partial charge in [0.25, 0.3) is 0 Å². The summed E-state index contributed by atoms with van der Waals surface area (Å²) in [5.74, 6) is 0. The smallest absolute Gasteiger partial charge is 0.432 e. The van der Waals surface area contributed by atoms with Gasteiger partial charge in [-0.15, -0.1) is 0 Å². The molecule has 31 heavy (non-hydrogen) atoms. The molecule has 162 valence electrons. The van der Waals surface area contributed by atoms with Gasteiger partial charge in [0, 0.05) is 35.1 Å². The molecule has 4 rings (SSSR count). The van der Waals surface area contributed by atoms with E-state index in [4.69, 9.17) is 21.1 Å². The van der Waals surface area contributed by atoms with Crippen LogP contribution in [0.4, 0.5) is 4.79 Å². The third-order valence-corrected chi connectivity index (χ3v) is 6.10. The maximum Gasteiger partial charge on any atom is 0.510 e. The van der Waals surface area contributed by atoms with Gasteiger partial charge in [0.2, 0.25) is 0 Å². The number of hydrogen-bond donors (Lipinski definition) is 0. The number of hydrogen-bond acceptors (Lipinski definition) is 5. The van der Waals surface area contributed by atoms with E-state index in [1.165, 1.54) is 0 Å². The van der Waals surface area contributed by atoms with Crippen LogP contribution in [0.25, 0.3) is 5.70 Å². The second-order valence-electron chi connectivity index (χ2n) is 8.17. The van der Waals surface area contributed by atoms with E-state index in [0.717, 1.165) is 53.9 Å². The van der Waals surface area contributed by atoms with Gasteiger partial charge in [0.15, 0.2) is 5.60 Å².